The number of benzene rings is 5. The molecule has 0 aromatic heterocycles. The quantitative estimate of drug-likeness (QED) is 0.264. The lowest BCUT2D eigenvalue weighted by Crippen LogP contribution is -2.10. The minimum Gasteiger partial charge on any atom is -0.507 e. The van der Waals surface area contributed by atoms with Crippen LogP contribution in [0.25, 0.3) is 21.5 Å². The Hall–Kier alpha value is -4.84. The number of phenolic OH excluding ortho intramolecular Hbond substituents is 2. The van der Waals surface area contributed by atoms with Crippen LogP contribution in [0.1, 0.15) is 20.7 Å². The van der Waals surface area contributed by atoms with Crippen molar-refractivity contribution in [2.75, 3.05) is 0 Å². The molecule has 34 heavy (non-hydrogen) atoms. The molecule has 0 unspecified atom stereocenters. The number of ether oxygens (including phenoxy) is 2. The number of carbonyl (C=O) groups is 2. The SMILES string of the molecule is O=C(Oc1cccc(OC(=O)c2cc3ccccc3cc2O)c1)c1cc2ccccc2cc1O. The van der Waals surface area contributed by atoms with Crippen LogP contribution in [0.5, 0.6) is 23.0 Å². The maximum atomic E-state index is 12.7. The number of rotatable bonds is 4. The Labute approximate surface area is 194 Å². The maximum Gasteiger partial charge on any atom is 0.347 e. The van der Waals surface area contributed by atoms with E-state index in [9.17, 15) is 19.8 Å². The van der Waals surface area contributed by atoms with E-state index in [-0.39, 0.29) is 34.1 Å². The summed E-state index contributed by atoms with van der Waals surface area (Å²) >= 11 is 0. The van der Waals surface area contributed by atoms with Gasteiger partial charge in [-0.05, 0) is 57.9 Å². The summed E-state index contributed by atoms with van der Waals surface area (Å²) in [4.78, 5) is 25.4. The zero-order valence-corrected chi connectivity index (χ0v) is 17.8. The minimum atomic E-state index is -0.751. The van der Waals surface area contributed by atoms with Gasteiger partial charge < -0.3 is 19.7 Å². The second-order valence-corrected chi connectivity index (χ2v) is 7.69. The van der Waals surface area contributed by atoms with Gasteiger partial charge in [-0.2, -0.15) is 0 Å². The van der Waals surface area contributed by atoms with E-state index < -0.39 is 11.9 Å². The van der Waals surface area contributed by atoms with Gasteiger partial charge in [0.15, 0.2) is 0 Å². The van der Waals surface area contributed by atoms with E-state index in [1.165, 1.54) is 30.3 Å². The Balaban J connectivity index is 1.36. The van der Waals surface area contributed by atoms with Crippen molar-refractivity contribution in [2.45, 2.75) is 0 Å². The molecule has 5 rings (SSSR count). The van der Waals surface area contributed by atoms with E-state index in [1.807, 2.05) is 48.5 Å². The lowest BCUT2D eigenvalue weighted by molar-refractivity contribution is 0.0730. The topological polar surface area (TPSA) is 93.1 Å². The molecule has 0 saturated carbocycles. The second kappa shape index (κ2) is 8.60. The van der Waals surface area contributed by atoms with Crippen LogP contribution in [-0.4, -0.2) is 22.2 Å². The van der Waals surface area contributed by atoms with Gasteiger partial charge in [-0.1, -0.05) is 54.6 Å². The minimum absolute atomic E-state index is 0.0159. The zero-order valence-electron chi connectivity index (χ0n) is 17.8. The van der Waals surface area contributed by atoms with Gasteiger partial charge in [-0.15, -0.1) is 0 Å². The highest BCUT2D eigenvalue weighted by Crippen LogP contribution is 2.29. The Morgan fingerprint density at radius 2 is 0.882 bits per heavy atom. The van der Waals surface area contributed by atoms with E-state index in [2.05, 4.69) is 0 Å². The normalized spacial score (nSPS) is 10.8. The molecule has 2 N–H and O–H groups in total. The van der Waals surface area contributed by atoms with Crippen molar-refractivity contribution in [3.8, 4) is 23.0 Å². The summed E-state index contributed by atoms with van der Waals surface area (Å²) in [6, 6.07) is 26.8. The Morgan fingerprint density at radius 1 is 0.500 bits per heavy atom. The molecule has 0 saturated heterocycles. The highest BCUT2D eigenvalue weighted by atomic mass is 16.5. The molecule has 5 aromatic rings. The highest BCUT2D eigenvalue weighted by molar-refractivity contribution is 6.00. The molecule has 5 aromatic carbocycles. The molecular weight excluding hydrogens is 432 g/mol. The number of phenols is 2. The summed E-state index contributed by atoms with van der Waals surface area (Å²) in [5.41, 5.74) is 0.0318. The Kier molecular flexibility index (Phi) is 5.32. The number of fused-ring (bicyclic) bond motifs is 2. The number of hydrogen-bond acceptors (Lipinski definition) is 6. The van der Waals surface area contributed by atoms with Gasteiger partial charge in [0.05, 0.1) is 0 Å². The summed E-state index contributed by atoms with van der Waals surface area (Å²) in [6.07, 6.45) is 0. The highest BCUT2D eigenvalue weighted by Gasteiger charge is 2.18. The third-order valence-electron chi connectivity index (χ3n) is 5.39. The molecule has 0 aliphatic heterocycles. The molecule has 0 fully saturated rings. The van der Waals surface area contributed by atoms with Crippen molar-refractivity contribution >= 4 is 33.5 Å². The van der Waals surface area contributed by atoms with E-state index in [0.717, 1.165) is 21.5 Å². The fraction of sp³-hybridized carbons (Fsp3) is 0. The molecule has 0 amide bonds. The van der Waals surface area contributed by atoms with Crippen LogP contribution in [0.3, 0.4) is 0 Å². The van der Waals surface area contributed by atoms with Crippen LogP contribution in [-0.2, 0) is 0 Å². The first kappa shape index (κ1) is 21.0. The summed E-state index contributed by atoms with van der Waals surface area (Å²) < 4.78 is 10.8. The number of carbonyl (C=O) groups excluding carboxylic acids is 2. The average Bonchev–Trinajstić information content (AvgIpc) is 2.83. The first-order valence-corrected chi connectivity index (χ1v) is 10.5. The van der Waals surface area contributed by atoms with Crippen molar-refractivity contribution in [1.82, 2.24) is 0 Å². The van der Waals surface area contributed by atoms with Crippen molar-refractivity contribution < 1.29 is 29.3 Å². The number of esters is 2. The van der Waals surface area contributed by atoms with Gasteiger partial charge in [0.2, 0.25) is 0 Å². The summed E-state index contributed by atoms with van der Waals surface area (Å²) in [5.74, 6) is -1.63. The predicted molar refractivity (Wildman–Crippen MR) is 128 cm³/mol. The molecule has 0 aliphatic rings. The first-order chi connectivity index (χ1) is 16.5. The van der Waals surface area contributed by atoms with E-state index in [0.29, 0.717) is 0 Å². The molecular formula is C28H18O6. The van der Waals surface area contributed by atoms with Crippen LogP contribution in [0.15, 0.2) is 97.1 Å². The average molecular weight is 450 g/mol. The second-order valence-electron chi connectivity index (χ2n) is 7.69. The van der Waals surface area contributed by atoms with Crippen molar-refractivity contribution in [2.24, 2.45) is 0 Å². The largest absolute Gasteiger partial charge is 0.507 e. The van der Waals surface area contributed by atoms with E-state index in [1.54, 1.807) is 18.2 Å². The van der Waals surface area contributed by atoms with Crippen molar-refractivity contribution in [1.29, 1.82) is 0 Å². The van der Waals surface area contributed by atoms with E-state index >= 15 is 0 Å². The van der Waals surface area contributed by atoms with Gasteiger partial charge in [-0.25, -0.2) is 9.59 Å². The Morgan fingerprint density at radius 3 is 1.29 bits per heavy atom. The number of hydrogen-bond donors (Lipinski definition) is 2. The monoisotopic (exact) mass is 450 g/mol. The lowest BCUT2D eigenvalue weighted by Gasteiger charge is -2.10. The fourth-order valence-corrected chi connectivity index (χ4v) is 3.71. The van der Waals surface area contributed by atoms with Crippen molar-refractivity contribution in [3.63, 3.8) is 0 Å². The molecule has 6 nitrogen and oxygen atoms in total. The molecule has 0 spiro atoms. The molecule has 0 radical (unpaired) electrons. The third kappa shape index (κ3) is 4.12. The van der Waals surface area contributed by atoms with Crippen LogP contribution >= 0.6 is 0 Å². The smallest absolute Gasteiger partial charge is 0.347 e. The zero-order chi connectivity index (χ0) is 23.7. The summed E-state index contributed by atoms with van der Waals surface area (Å²) in [7, 11) is 0. The first-order valence-electron chi connectivity index (χ1n) is 10.5. The summed E-state index contributed by atoms with van der Waals surface area (Å²) in [6.45, 7) is 0. The molecule has 0 atom stereocenters. The van der Waals surface area contributed by atoms with Crippen LogP contribution in [0.2, 0.25) is 0 Å². The molecule has 0 aliphatic carbocycles. The number of aromatic hydroxyl groups is 2. The molecule has 0 heterocycles. The van der Waals surface area contributed by atoms with Crippen LogP contribution in [0.4, 0.5) is 0 Å². The Bertz CT molecular complexity index is 1460. The fourth-order valence-electron chi connectivity index (χ4n) is 3.71. The standard InChI is InChI=1S/C28H18O6/c29-25-14-19-8-3-1-6-17(19)12-23(25)27(31)33-21-10-5-11-22(16-21)34-28(32)24-13-18-7-2-4-9-20(18)15-26(24)30/h1-16,29-30H. The van der Waals surface area contributed by atoms with Gasteiger partial charge in [0.25, 0.3) is 0 Å². The van der Waals surface area contributed by atoms with Crippen LogP contribution < -0.4 is 9.47 Å². The molecule has 166 valence electrons. The van der Waals surface area contributed by atoms with Gasteiger partial charge in [0, 0.05) is 6.07 Å². The summed E-state index contributed by atoms with van der Waals surface area (Å²) in [5, 5.41) is 23.7. The maximum absolute atomic E-state index is 12.7. The molecule has 6 heteroatoms. The van der Waals surface area contributed by atoms with E-state index in [4.69, 9.17) is 9.47 Å². The molecule has 0 bridgehead atoms. The van der Waals surface area contributed by atoms with Gasteiger partial charge in [-0.3, -0.25) is 0 Å². The predicted octanol–water partition coefficient (Wildman–Crippen LogP) is 5.84. The van der Waals surface area contributed by atoms with Gasteiger partial charge in [0.1, 0.15) is 34.1 Å². The van der Waals surface area contributed by atoms with Crippen molar-refractivity contribution in [3.05, 3.63) is 108 Å². The third-order valence-corrected chi connectivity index (χ3v) is 5.39. The van der Waals surface area contributed by atoms with Gasteiger partial charge >= 0.3 is 11.9 Å². The lowest BCUT2D eigenvalue weighted by atomic mass is 10.1. The van der Waals surface area contributed by atoms with Crippen LogP contribution in [0, 0.1) is 0 Å².